The SMILES string of the molecule is CC1CN2C(=C(C3CCCC3)CN2c2ccnc(Cl)c2)CN1. The van der Waals surface area contributed by atoms with Gasteiger partial charge in [-0.3, -0.25) is 10.0 Å². The number of piperazine rings is 1. The van der Waals surface area contributed by atoms with Crippen molar-refractivity contribution in [2.45, 2.75) is 38.6 Å². The molecule has 1 atom stereocenters. The first-order valence-electron chi connectivity index (χ1n) is 8.34. The first-order valence-corrected chi connectivity index (χ1v) is 8.72. The highest BCUT2D eigenvalue weighted by atomic mass is 35.5. The van der Waals surface area contributed by atoms with E-state index in [4.69, 9.17) is 11.6 Å². The van der Waals surface area contributed by atoms with Gasteiger partial charge in [0.05, 0.1) is 24.5 Å². The molecule has 0 radical (unpaired) electrons. The number of hydrogen-bond acceptors (Lipinski definition) is 4. The second-order valence-electron chi connectivity index (χ2n) is 6.71. The molecular weight excluding hydrogens is 296 g/mol. The minimum absolute atomic E-state index is 0.506. The van der Waals surface area contributed by atoms with E-state index >= 15 is 0 Å². The highest BCUT2D eigenvalue weighted by Crippen LogP contribution is 2.40. The van der Waals surface area contributed by atoms with E-state index in [0.717, 1.165) is 31.2 Å². The van der Waals surface area contributed by atoms with Crippen LogP contribution < -0.4 is 10.3 Å². The van der Waals surface area contributed by atoms with Gasteiger partial charge in [-0.15, -0.1) is 0 Å². The largest absolute Gasteiger partial charge is 0.307 e. The summed E-state index contributed by atoms with van der Waals surface area (Å²) in [5, 5.41) is 9.06. The van der Waals surface area contributed by atoms with Crippen molar-refractivity contribution >= 4 is 17.3 Å². The number of nitrogens with zero attached hydrogens (tertiary/aromatic N) is 3. The number of rotatable bonds is 2. The van der Waals surface area contributed by atoms with Crippen molar-refractivity contribution in [3.63, 3.8) is 0 Å². The summed E-state index contributed by atoms with van der Waals surface area (Å²) in [6.07, 6.45) is 7.27. The van der Waals surface area contributed by atoms with Crippen molar-refractivity contribution in [2.24, 2.45) is 5.92 Å². The molecule has 118 valence electrons. The van der Waals surface area contributed by atoms with Gasteiger partial charge in [-0.2, -0.15) is 0 Å². The third-order valence-corrected chi connectivity index (χ3v) is 5.42. The van der Waals surface area contributed by atoms with Gasteiger partial charge in [0, 0.05) is 24.8 Å². The van der Waals surface area contributed by atoms with E-state index in [9.17, 15) is 0 Å². The topological polar surface area (TPSA) is 31.4 Å². The Morgan fingerprint density at radius 2 is 2.09 bits per heavy atom. The zero-order chi connectivity index (χ0) is 15.1. The summed E-state index contributed by atoms with van der Waals surface area (Å²) in [7, 11) is 0. The normalized spacial score (nSPS) is 26.0. The maximum atomic E-state index is 6.11. The molecule has 1 unspecified atom stereocenters. The third kappa shape index (κ3) is 2.48. The van der Waals surface area contributed by atoms with E-state index in [1.165, 1.54) is 31.4 Å². The molecule has 4 nitrogen and oxygen atoms in total. The van der Waals surface area contributed by atoms with E-state index in [-0.39, 0.29) is 0 Å². The van der Waals surface area contributed by atoms with Crippen LogP contribution >= 0.6 is 11.6 Å². The lowest BCUT2D eigenvalue weighted by Gasteiger charge is -2.39. The van der Waals surface area contributed by atoms with Gasteiger partial charge in [-0.25, -0.2) is 4.98 Å². The van der Waals surface area contributed by atoms with Crippen LogP contribution in [0.4, 0.5) is 5.69 Å². The molecule has 1 aromatic rings. The van der Waals surface area contributed by atoms with E-state index in [0.29, 0.717) is 11.2 Å². The maximum Gasteiger partial charge on any atom is 0.131 e. The Morgan fingerprint density at radius 1 is 1.27 bits per heavy atom. The molecule has 3 heterocycles. The van der Waals surface area contributed by atoms with Crippen LogP contribution in [-0.2, 0) is 0 Å². The van der Waals surface area contributed by atoms with Crippen molar-refractivity contribution < 1.29 is 0 Å². The Morgan fingerprint density at radius 3 is 2.86 bits per heavy atom. The van der Waals surface area contributed by atoms with Crippen LogP contribution in [0.1, 0.15) is 32.6 Å². The van der Waals surface area contributed by atoms with Gasteiger partial charge >= 0.3 is 0 Å². The predicted molar refractivity (Wildman–Crippen MR) is 89.7 cm³/mol. The van der Waals surface area contributed by atoms with Crippen LogP contribution in [0.25, 0.3) is 0 Å². The summed E-state index contributed by atoms with van der Waals surface area (Å²) in [5.41, 5.74) is 4.29. The van der Waals surface area contributed by atoms with Crippen LogP contribution in [0.2, 0.25) is 5.15 Å². The van der Waals surface area contributed by atoms with Crippen molar-refractivity contribution in [1.82, 2.24) is 15.3 Å². The van der Waals surface area contributed by atoms with Crippen LogP contribution in [0.3, 0.4) is 0 Å². The molecule has 5 heteroatoms. The van der Waals surface area contributed by atoms with Crippen LogP contribution in [0.15, 0.2) is 29.6 Å². The molecule has 2 aliphatic heterocycles. The second kappa shape index (κ2) is 5.74. The minimum atomic E-state index is 0.506. The molecule has 0 amide bonds. The number of nitrogens with one attached hydrogen (secondary N) is 1. The van der Waals surface area contributed by atoms with Crippen molar-refractivity contribution in [1.29, 1.82) is 0 Å². The fourth-order valence-electron chi connectivity index (χ4n) is 4.08. The summed E-state index contributed by atoms with van der Waals surface area (Å²) < 4.78 is 0. The monoisotopic (exact) mass is 318 g/mol. The molecule has 0 spiro atoms. The second-order valence-corrected chi connectivity index (χ2v) is 7.10. The number of anilines is 1. The number of pyridine rings is 1. The standard InChI is InChI=1S/C17H23ClN4/c1-12-10-22-16(9-20-12)15(13-4-2-3-5-13)11-21(22)14-6-7-19-17(18)8-14/h6-8,12-13,20H,2-5,9-11H2,1H3. The lowest BCUT2D eigenvalue weighted by molar-refractivity contribution is 0.264. The number of halogens is 1. The molecule has 1 saturated carbocycles. The molecule has 0 bridgehead atoms. The summed E-state index contributed by atoms with van der Waals surface area (Å²) in [4.78, 5) is 4.12. The first kappa shape index (κ1) is 14.3. The lowest BCUT2D eigenvalue weighted by Crippen LogP contribution is -2.51. The van der Waals surface area contributed by atoms with Crippen molar-refractivity contribution in [3.05, 3.63) is 34.8 Å². The van der Waals surface area contributed by atoms with E-state index in [2.05, 4.69) is 33.3 Å². The smallest absolute Gasteiger partial charge is 0.131 e. The molecule has 1 N–H and O–H groups in total. The van der Waals surface area contributed by atoms with Gasteiger partial charge in [-0.1, -0.05) is 24.4 Å². The van der Waals surface area contributed by atoms with Gasteiger partial charge in [0.25, 0.3) is 0 Å². The van der Waals surface area contributed by atoms with Gasteiger partial charge < -0.3 is 5.32 Å². The minimum Gasteiger partial charge on any atom is -0.307 e. The third-order valence-electron chi connectivity index (χ3n) is 5.21. The van der Waals surface area contributed by atoms with E-state index in [1.54, 1.807) is 11.8 Å². The Hall–Kier alpha value is -1.26. The van der Waals surface area contributed by atoms with Crippen molar-refractivity contribution in [3.8, 4) is 0 Å². The molecule has 22 heavy (non-hydrogen) atoms. The number of hydrogen-bond donors (Lipinski definition) is 1. The zero-order valence-corrected chi connectivity index (χ0v) is 13.8. The average Bonchev–Trinajstić information content (AvgIpc) is 3.13. The fraction of sp³-hybridized carbons (Fsp3) is 0.588. The molecule has 2 fully saturated rings. The molecule has 1 saturated heterocycles. The molecule has 0 aromatic carbocycles. The van der Waals surface area contributed by atoms with E-state index in [1.807, 2.05) is 6.07 Å². The summed E-state index contributed by atoms with van der Waals surface area (Å²) in [6, 6.07) is 4.54. The summed E-state index contributed by atoms with van der Waals surface area (Å²) >= 11 is 6.11. The predicted octanol–water partition coefficient (Wildman–Crippen LogP) is 3.21. The lowest BCUT2D eigenvalue weighted by atomic mass is 9.95. The van der Waals surface area contributed by atoms with Gasteiger partial charge in [0.1, 0.15) is 5.15 Å². The summed E-state index contributed by atoms with van der Waals surface area (Å²) in [6.45, 7) is 5.27. The Bertz CT molecular complexity index is 594. The highest BCUT2D eigenvalue weighted by Gasteiger charge is 2.37. The van der Waals surface area contributed by atoms with Gasteiger partial charge in [0.2, 0.25) is 0 Å². The first-order chi connectivity index (χ1) is 10.7. The number of hydrazine groups is 1. The van der Waals surface area contributed by atoms with Crippen molar-refractivity contribution in [2.75, 3.05) is 24.6 Å². The maximum absolute atomic E-state index is 6.11. The molecule has 1 aliphatic carbocycles. The zero-order valence-electron chi connectivity index (χ0n) is 13.1. The number of fused-ring (bicyclic) bond motifs is 1. The van der Waals surface area contributed by atoms with E-state index < -0.39 is 0 Å². The average molecular weight is 319 g/mol. The fourth-order valence-corrected chi connectivity index (χ4v) is 4.25. The Labute approximate surface area is 137 Å². The van der Waals surface area contributed by atoms with Gasteiger partial charge in [-0.05, 0) is 37.3 Å². The number of aromatic nitrogens is 1. The molecule has 3 aliphatic rings. The highest BCUT2D eigenvalue weighted by molar-refractivity contribution is 6.29. The van der Waals surface area contributed by atoms with Crippen LogP contribution in [-0.4, -0.2) is 35.7 Å². The Kier molecular flexibility index (Phi) is 3.74. The molecular formula is C17H23ClN4. The molecule has 1 aromatic heterocycles. The van der Waals surface area contributed by atoms with Crippen LogP contribution in [0, 0.1) is 5.92 Å². The Balaban J connectivity index is 1.67. The van der Waals surface area contributed by atoms with Crippen LogP contribution in [0.5, 0.6) is 0 Å². The van der Waals surface area contributed by atoms with Gasteiger partial charge in [0.15, 0.2) is 0 Å². The quantitative estimate of drug-likeness (QED) is 0.849. The summed E-state index contributed by atoms with van der Waals surface area (Å²) in [5.74, 6) is 0.773. The molecule has 4 rings (SSSR count).